The molecule has 1 saturated heterocycles. The van der Waals surface area contributed by atoms with E-state index < -0.39 is 5.97 Å². The molecule has 1 fully saturated rings. The fourth-order valence-corrected chi connectivity index (χ4v) is 2.42. The number of carbonyl (C=O) groups excluding carboxylic acids is 1. The van der Waals surface area contributed by atoms with Crippen molar-refractivity contribution in [3.63, 3.8) is 0 Å². The quantitative estimate of drug-likeness (QED) is 0.855. The maximum atomic E-state index is 11.9. The van der Waals surface area contributed by atoms with Gasteiger partial charge in [0.25, 0.3) is 5.91 Å². The molecule has 1 aliphatic rings. The molecule has 1 aromatic rings. The van der Waals surface area contributed by atoms with Gasteiger partial charge in [0.2, 0.25) is 0 Å². The number of carboxylic acids is 1. The molecule has 1 aromatic heterocycles. The first-order valence-corrected chi connectivity index (χ1v) is 6.05. The highest BCUT2D eigenvalue weighted by molar-refractivity contribution is 7.15. The van der Waals surface area contributed by atoms with Gasteiger partial charge in [0.1, 0.15) is 4.88 Å². The van der Waals surface area contributed by atoms with Gasteiger partial charge in [-0.2, -0.15) is 0 Å². The Kier molecular flexibility index (Phi) is 3.17. The zero-order valence-electron chi connectivity index (χ0n) is 9.36. The number of ether oxygens (including phenoxy) is 1. The highest BCUT2D eigenvalue weighted by Crippen LogP contribution is 2.21. The fraction of sp³-hybridized carbons (Fsp3) is 0.455. The number of hydrogen-bond donors (Lipinski definition) is 2. The summed E-state index contributed by atoms with van der Waals surface area (Å²) in [7, 11) is 0. The van der Waals surface area contributed by atoms with Gasteiger partial charge in [-0.15, -0.1) is 11.3 Å². The van der Waals surface area contributed by atoms with Gasteiger partial charge >= 0.3 is 5.97 Å². The Morgan fingerprint density at radius 1 is 1.47 bits per heavy atom. The van der Waals surface area contributed by atoms with Crippen LogP contribution in [-0.2, 0) is 4.74 Å². The van der Waals surface area contributed by atoms with Gasteiger partial charge in [0.15, 0.2) is 0 Å². The summed E-state index contributed by atoms with van der Waals surface area (Å²) in [5.74, 6) is -1.25. The predicted molar refractivity (Wildman–Crippen MR) is 62.6 cm³/mol. The standard InChI is InChI=1S/C11H13NO4S/c1-11(4-5-16-6-11)12-9(13)7-2-3-8(17-7)10(14)15/h2-3H,4-6H2,1H3,(H,12,13)(H,14,15)/t11-/m0/s1. The number of carbonyl (C=O) groups is 2. The Morgan fingerprint density at radius 2 is 2.18 bits per heavy atom. The van der Waals surface area contributed by atoms with Crippen LogP contribution in [0.4, 0.5) is 0 Å². The van der Waals surface area contributed by atoms with Crippen LogP contribution in [0.1, 0.15) is 32.7 Å². The first-order valence-electron chi connectivity index (χ1n) is 5.24. The number of aromatic carboxylic acids is 1. The van der Waals surface area contributed by atoms with E-state index in [0.717, 1.165) is 17.8 Å². The summed E-state index contributed by atoms with van der Waals surface area (Å²) in [6.07, 6.45) is 0.774. The van der Waals surface area contributed by atoms with Gasteiger partial charge in [0, 0.05) is 6.61 Å². The minimum atomic E-state index is -1.01. The zero-order chi connectivity index (χ0) is 12.5. The molecule has 2 rings (SSSR count). The molecule has 0 bridgehead atoms. The molecule has 0 unspecified atom stereocenters. The second-order valence-corrected chi connectivity index (χ2v) is 5.37. The molecule has 17 heavy (non-hydrogen) atoms. The molecule has 2 heterocycles. The van der Waals surface area contributed by atoms with E-state index in [9.17, 15) is 9.59 Å². The molecule has 1 aliphatic heterocycles. The Hall–Kier alpha value is -1.40. The van der Waals surface area contributed by atoms with Crippen molar-refractivity contribution in [2.75, 3.05) is 13.2 Å². The lowest BCUT2D eigenvalue weighted by atomic mass is 10.0. The Bertz CT molecular complexity index is 448. The second-order valence-electron chi connectivity index (χ2n) is 4.29. The van der Waals surface area contributed by atoms with Gasteiger partial charge < -0.3 is 15.2 Å². The normalized spacial score (nSPS) is 23.6. The van der Waals surface area contributed by atoms with Gasteiger partial charge in [-0.25, -0.2) is 4.79 Å². The smallest absolute Gasteiger partial charge is 0.345 e. The van der Waals surface area contributed by atoms with Crippen LogP contribution in [0.25, 0.3) is 0 Å². The highest BCUT2D eigenvalue weighted by Gasteiger charge is 2.31. The fourth-order valence-electron chi connectivity index (χ4n) is 1.68. The molecule has 0 radical (unpaired) electrons. The van der Waals surface area contributed by atoms with Crippen LogP contribution in [-0.4, -0.2) is 35.7 Å². The molecule has 5 nitrogen and oxygen atoms in total. The van der Waals surface area contributed by atoms with E-state index in [1.54, 1.807) is 0 Å². The number of amides is 1. The van der Waals surface area contributed by atoms with Crippen molar-refractivity contribution in [1.82, 2.24) is 5.32 Å². The van der Waals surface area contributed by atoms with Gasteiger partial charge in [0.05, 0.1) is 17.0 Å². The van der Waals surface area contributed by atoms with Crippen molar-refractivity contribution >= 4 is 23.2 Å². The van der Waals surface area contributed by atoms with Crippen molar-refractivity contribution < 1.29 is 19.4 Å². The summed E-state index contributed by atoms with van der Waals surface area (Å²) < 4.78 is 5.23. The number of hydrogen-bond acceptors (Lipinski definition) is 4. The van der Waals surface area contributed by atoms with Gasteiger partial charge in [-0.3, -0.25) is 4.79 Å². The minimum Gasteiger partial charge on any atom is -0.477 e. The molecule has 0 saturated carbocycles. The summed E-state index contributed by atoms with van der Waals surface area (Å²) in [5, 5.41) is 11.7. The van der Waals surface area contributed by atoms with E-state index in [-0.39, 0.29) is 16.3 Å². The van der Waals surface area contributed by atoms with Crippen molar-refractivity contribution in [2.24, 2.45) is 0 Å². The van der Waals surface area contributed by atoms with Crippen molar-refractivity contribution in [2.45, 2.75) is 18.9 Å². The molecule has 1 amide bonds. The first-order chi connectivity index (χ1) is 8.00. The van der Waals surface area contributed by atoms with E-state index in [1.165, 1.54) is 12.1 Å². The molecule has 92 valence electrons. The summed E-state index contributed by atoms with van der Waals surface area (Å²) in [5.41, 5.74) is -0.343. The largest absolute Gasteiger partial charge is 0.477 e. The summed E-state index contributed by atoms with van der Waals surface area (Å²) >= 11 is 0.979. The first kappa shape index (κ1) is 12.1. The average Bonchev–Trinajstić information content (AvgIpc) is 2.86. The monoisotopic (exact) mass is 255 g/mol. The lowest BCUT2D eigenvalue weighted by Crippen LogP contribution is -2.46. The third kappa shape index (κ3) is 2.65. The SMILES string of the molecule is C[C@]1(NC(=O)c2ccc(C(=O)O)s2)CCOC1. The average molecular weight is 255 g/mol. The van der Waals surface area contributed by atoms with Gasteiger partial charge in [-0.05, 0) is 25.5 Å². The number of thiophene rings is 1. The van der Waals surface area contributed by atoms with Gasteiger partial charge in [-0.1, -0.05) is 0 Å². The summed E-state index contributed by atoms with van der Waals surface area (Å²) in [6.45, 7) is 3.06. The summed E-state index contributed by atoms with van der Waals surface area (Å²) in [6, 6.07) is 2.97. The lowest BCUT2D eigenvalue weighted by molar-refractivity contribution is 0.0702. The van der Waals surface area contributed by atoms with Crippen LogP contribution >= 0.6 is 11.3 Å². The molecule has 6 heteroatoms. The van der Waals surface area contributed by atoms with E-state index in [0.29, 0.717) is 18.1 Å². The zero-order valence-corrected chi connectivity index (χ0v) is 10.2. The second kappa shape index (κ2) is 4.46. The molecule has 0 spiro atoms. The van der Waals surface area contributed by atoms with Crippen LogP contribution < -0.4 is 5.32 Å². The number of rotatable bonds is 3. The van der Waals surface area contributed by atoms with E-state index in [4.69, 9.17) is 9.84 Å². The van der Waals surface area contributed by atoms with Crippen LogP contribution in [0.3, 0.4) is 0 Å². The number of carboxylic acid groups (broad SMARTS) is 1. The predicted octanol–water partition coefficient (Wildman–Crippen LogP) is 1.36. The molecule has 0 aromatic carbocycles. The highest BCUT2D eigenvalue weighted by atomic mass is 32.1. The van der Waals surface area contributed by atoms with Crippen molar-refractivity contribution in [3.8, 4) is 0 Å². The Morgan fingerprint density at radius 3 is 2.71 bits per heavy atom. The molecule has 1 atom stereocenters. The van der Waals surface area contributed by atoms with Crippen LogP contribution in [0, 0.1) is 0 Å². The van der Waals surface area contributed by atoms with E-state index >= 15 is 0 Å². The van der Waals surface area contributed by atoms with E-state index in [2.05, 4.69) is 5.32 Å². The molecular weight excluding hydrogens is 242 g/mol. The third-order valence-corrected chi connectivity index (χ3v) is 3.75. The molecule has 0 aliphatic carbocycles. The van der Waals surface area contributed by atoms with Crippen LogP contribution in [0.15, 0.2) is 12.1 Å². The molecular formula is C11H13NO4S. The summed E-state index contributed by atoms with van der Waals surface area (Å²) in [4.78, 5) is 23.2. The third-order valence-electron chi connectivity index (χ3n) is 2.67. The topological polar surface area (TPSA) is 75.6 Å². The lowest BCUT2D eigenvalue weighted by Gasteiger charge is -2.22. The maximum absolute atomic E-state index is 11.9. The maximum Gasteiger partial charge on any atom is 0.345 e. The van der Waals surface area contributed by atoms with Crippen molar-refractivity contribution in [3.05, 3.63) is 21.9 Å². The molecule has 2 N–H and O–H groups in total. The van der Waals surface area contributed by atoms with Crippen LogP contribution in [0.2, 0.25) is 0 Å². The minimum absolute atomic E-state index is 0.169. The van der Waals surface area contributed by atoms with Crippen LogP contribution in [0.5, 0.6) is 0 Å². The van der Waals surface area contributed by atoms with Crippen molar-refractivity contribution in [1.29, 1.82) is 0 Å². The Balaban J connectivity index is 2.06. The van der Waals surface area contributed by atoms with E-state index in [1.807, 2.05) is 6.92 Å². The number of nitrogens with one attached hydrogen (secondary N) is 1. The Labute approximate surface area is 102 Å².